The van der Waals surface area contributed by atoms with Crippen molar-refractivity contribution in [1.29, 1.82) is 0 Å². The average Bonchev–Trinajstić information content (AvgIpc) is 2.84. The number of aliphatic carboxylic acids is 1. The van der Waals surface area contributed by atoms with E-state index in [1.54, 1.807) is 6.92 Å². The molecule has 0 aromatic rings. The third-order valence-electron chi connectivity index (χ3n) is 9.15. The standard InChI is InChI=1S/C20H30O6/c1-17-4-3-5-18(2,16(25)26)11(17)6-13(22)19-8-15(24)20(9-19,10-21)14(23)7-12(17)19/h11-14,21-23H,3-10H2,1-2H3,(H,25,26)/t11-,12-,13-,14-,17+,18-,19+,20-/m1/s1. The summed E-state index contributed by atoms with van der Waals surface area (Å²) in [6, 6.07) is 0. The first-order chi connectivity index (χ1) is 12.1. The van der Waals surface area contributed by atoms with Crippen LogP contribution in [0.2, 0.25) is 0 Å². The van der Waals surface area contributed by atoms with Gasteiger partial charge < -0.3 is 20.4 Å². The average molecular weight is 366 g/mol. The number of rotatable bonds is 2. The molecule has 8 atom stereocenters. The molecule has 6 heteroatoms. The van der Waals surface area contributed by atoms with Crippen molar-refractivity contribution in [2.45, 2.75) is 71.0 Å². The first kappa shape index (κ1) is 18.4. The fourth-order valence-corrected chi connectivity index (χ4v) is 7.67. The van der Waals surface area contributed by atoms with Crippen LogP contribution in [0.1, 0.15) is 58.8 Å². The molecule has 146 valence electrons. The van der Waals surface area contributed by atoms with Gasteiger partial charge in [-0.25, -0.2) is 0 Å². The van der Waals surface area contributed by atoms with Crippen molar-refractivity contribution in [3.8, 4) is 0 Å². The van der Waals surface area contributed by atoms with Crippen molar-refractivity contribution >= 4 is 11.8 Å². The number of Topliss-reactive ketones (excluding diaryl/α,β-unsaturated/α-hetero) is 1. The van der Waals surface area contributed by atoms with Crippen molar-refractivity contribution < 1.29 is 30.0 Å². The van der Waals surface area contributed by atoms with Gasteiger partial charge in [0.1, 0.15) is 5.78 Å². The zero-order valence-electron chi connectivity index (χ0n) is 15.6. The highest BCUT2D eigenvalue weighted by molar-refractivity contribution is 5.89. The van der Waals surface area contributed by atoms with E-state index in [0.29, 0.717) is 25.7 Å². The van der Waals surface area contributed by atoms with E-state index in [0.717, 1.165) is 12.8 Å². The third-order valence-corrected chi connectivity index (χ3v) is 9.15. The number of ketones is 1. The summed E-state index contributed by atoms with van der Waals surface area (Å²) >= 11 is 0. The maximum atomic E-state index is 12.8. The van der Waals surface area contributed by atoms with Gasteiger partial charge in [-0.1, -0.05) is 13.3 Å². The maximum absolute atomic E-state index is 12.8. The number of aliphatic hydroxyl groups excluding tert-OH is 3. The van der Waals surface area contributed by atoms with Crippen LogP contribution in [-0.4, -0.2) is 51.0 Å². The van der Waals surface area contributed by atoms with E-state index < -0.39 is 34.4 Å². The van der Waals surface area contributed by atoms with Gasteiger partial charge in [-0.3, -0.25) is 9.59 Å². The molecular formula is C20H30O6. The lowest BCUT2D eigenvalue weighted by atomic mass is 9.39. The van der Waals surface area contributed by atoms with Crippen LogP contribution in [-0.2, 0) is 9.59 Å². The van der Waals surface area contributed by atoms with Crippen molar-refractivity contribution in [3.05, 3.63) is 0 Å². The molecule has 0 aliphatic heterocycles. The van der Waals surface area contributed by atoms with Crippen LogP contribution in [0.25, 0.3) is 0 Å². The monoisotopic (exact) mass is 366 g/mol. The molecule has 4 aliphatic carbocycles. The minimum Gasteiger partial charge on any atom is -0.481 e. The summed E-state index contributed by atoms with van der Waals surface area (Å²) in [5, 5.41) is 41.8. The van der Waals surface area contributed by atoms with Crippen LogP contribution in [0.5, 0.6) is 0 Å². The van der Waals surface area contributed by atoms with Crippen molar-refractivity contribution in [2.75, 3.05) is 6.61 Å². The Kier molecular flexibility index (Phi) is 3.75. The Hall–Kier alpha value is -0.980. The molecule has 4 aliphatic rings. The molecule has 0 amide bonds. The van der Waals surface area contributed by atoms with Crippen LogP contribution < -0.4 is 0 Å². The van der Waals surface area contributed by atoms with E-state index in [1.165, 1.54) is 0 Å². The van der Waals surface area contributed by atoms with Crippen LogP contribution in [0.15, 0.2) is 0 Å². The van der Waals surface area contributed by atoms with Gasteiger partial charge in [0.05, 0.1) is 29.6 Å². The van der Waals surface area contributed by atoms with Crippen molar-refractivity contribution in [2.24, 2.45) is 33.5 Å². The molecule has 0 aromatic carbocycles. The molecule has 0 heterocycles. The number of hydrogen-bond acceptors (Lipinski definition) is 5. The molecule has 2 bridgehead atoms. The quantitative estimate of drug-likeness (QED) is 0.587. The zero-order chi connectivity index (χ0) is 19.1. The second kappa shape index (κ2) is 5.30. The summed E-state index contributed by atoms with van der Waals surface area (Å²) in [5.74, 6) is -1.26. The third kappa shape index (κ3) is 1.88. The van der Waals surface area contributed by atoms with E-state index in [-0.39, 0.29) is 36.1 Å². The number of carbonyl (C=O) groups is 2. The highest BCUT2D eigenvalue weighted by Crippen LogP contribution is 2.72. The van der Waals surface area contributed by atoms with E-state index >= 15 is 0 Å². The number of aliphatic hydroxyl groups is 3. The molecule has 26 heavy (non-hydrogen) atoms. The van der Waals surface area contributed by atoms with Gasteiger partial charge >= 0.3 is 5.97 Å². The van der Waals surface area contributed by atoms with Gasteiger partial charge in [0, 0.05) is 11.8 Å². The number of carboxylic acid groups (broad SMARTS) is 1. The van der Waals surface area contributed by atoms with E-state index in [1.807, 2.05) is 0 Å². The van der Waals surface area contributed by atoms with Crippen molar-refractivity contribution in [1.82, 2.24) is 0 Å². The Bertz CT molecular complexity index is 663. The number of fused-ring (bicyclic) bond motifs is 3. The molecule has 0 radical (unpaired) electrons. The van der Waals surface area contributed by atoms with Gasteiger partial charge in [-0.15, -0.1) is 0 Å². The highest BCUT2D eigenvalue weighted by Gasteiger charge is 2.73. The second-order valence-corrected chi connectivity index (χ2v) is 10.0. The Morgan fingerprint density at radius 3 is 2.38 bits per heavy atom. The largest absolute Gasteiger partial charge is 0.481 e. The Labute approximate surface area is 153 Å². The van der Waals surface area contributed by atoms with Crippen LogP contribution in [0, 0.1) is 33.5 Å². The van der Waals surface area contributed by atoms with Crippen molar-refractivity contribution in [3.63, 3.8) is 0 Å². The minimum absolute atomic E-state index is 0.108. The zero-order valence-corrected chi connectivity index (χ0v) is 15.6. The minimum atomic E-state index is -1.15. The summed E-state index contributed by atoms with van der Waals surface area (Å²) < 4.78 is 0. The van der Waals surface area contributed by atoms with Gasteiger partial charge in [-0.2, -0.15) is 0 Å². The maximum Gasteiger partial charge on any atom is 0.309 e. The lowest BCUT2D eigenvalue weighted by Crippen LogP contribution is -2.65. The Balaban J connectivity index is 1.82. The Morgan fingerprint density at radius 2 is 1.77 bits per heavy atom. The highest BCUT2D eigenvalue weighted by atomic mass is 16.4. The normalized spacial score (nSPS) is 56.0. The fourth-order valence-electron chi connectivity index (χ4n) is 7.67. The van der Waals surface area contributed by atoms with Gasteiger partial charge in [0.15, 0.2) is 0 Å². The van der Waals surface area contributed by atoms with Crippen LogP contribution in [0.3, 0.4) is 0 Å². The number of carboxylic acids is 1. The molecule has 4 saturated carbocycles. The number of hydrogen-bond donors (Lipinski definition) is 4. The summed E-state index contributed by atoms with van der Waals surface area (Å²) in [6.07, 6.45) is 1.77. The molecule has 4 N–H and O–H groups in total. The Morgan fingerprint density at radius 1 is 1.12 bits per heavy atom. The molecule has 6 nitrogen and oxygen atoms in total. The lowest BCUT2D eigenvalue weighted by Gasteiger charge is -2.65. The van der Waals surface area contributed by atoms with Crippen LogP contribution in [0.4, 0.5) is 0 Å². The molecule has 0 unspecified atom stereocenters. The summed E-state index contributed by atoms with van der Waals surface area (Å²) in [6.45, 7) is 3.51. The second-order valence-electron chi connectivity index (χ2n) is 10.0. The van der Waals surface area contributed by atoms with E-state index in [2.05, 4.69) is 6.92 Å². The SMILES string of the molecule is C[C@]12CCC[C@@](C)(C(=O)O)[C@@H]1C[C@@H](O)[C@@]13CC(=O)[C@@](CO)(C1)[C@H](O)C[C@H]23. The van der Waals surface area contributed by atoms with Gasteiger partial charge in [0.25, 0.3) is 0 Å². The van der Waals surface area contributed by atoms with Crippen LogP contribution >= 0.6 is 0 Å². The molecular weight excluding hydrogens is 336 g/mol. The van der Waals surface area contributed by atoms with Gasteiger partial charge in [0.2, 0.25) is 0 Å². The molecule has 4 rings (SSSR count). The first-order valence-corrected chi connectivity index (χ1v) is 9.80. The smallest absolute Gasteiger partial charge is 0.309 e. The predicted octanol–water partition coefficient (Wildman–Crippen LogP) is 1.36. The summed E-state index contributed by atoms with van der Waals surface area (Å²) in [5.41, 5.74) is -3.01. The van der Waals surface area contributed by atoms with E-state index in [9.17, 15) is 30.0 Å². The predicted molar refractivity (Wildman–Crippen MR) is 92.1 cm³/mol. The summed E-state index contributed by atoms with van der Waals surface area (Å²) in [7, 11) is 0. The lowest BCUT2D eigenvalue weighted by molar-refractivity contribution is -0.226. The molecule has 0 saturated heterocycles. The van der Waals surface area contributed by atoms with E-state index in [4.69, 9.17) is 0 Å². The molecule has 4 fully saturated rings. The first-order valence-electron chi connectivity index (χ1n) is 9.80. The van der Waals surface area contributed by atoms with Gasteiger partial charge in [-0.05, 0) is 56.3 Å². The summed E-state index contributed by atoms with van der Waals surface area (Å²) in [4.78, 5) is 24.9. The molecule has 0 aromatic heterocycles. The fraction of sp³-hybridized carbons (Fsp3) is 0.900. The number of carbonyl (C=O) groups excluding carboxylic acids is 1. The topological polar surface area (TPSA) is 115 Å². The molecule has 1 spiro atoms.